The molecule has 0 aromatic heterocycles. The van der Waals surface area contributed by atoms with Crippen LogP contribution in [0.5, 0.6) is 11.5 Å². The van der Waals surface area contributed by atoms with Gasteiger partial charge in [0.25, 0.3) is 0 Å². The minimum Gasteiger partial charge on any atom is -0.485 e. The lowest BCUT2D eigenvalue weighted by molar-refractivity contribution is -0.136. The van der Waals surface area contributed by atoms with Crippen molar-refractivity contribution < 1.29 is 23.8 Å². The van der Waals surface area contributed by atoms with Gasteiger partial charge in [-0.25, -0.2) is 9.59 Å². The van der Waals surface area contributed by atoms with Gasteiger partial charge in [-0.3, -0.25) is 0 Å². The van der Waals surface area contributed by atoms with Gasteiger partial charge in [0.15, 0.2) is 11.5 Å². The Morgan fingerprint density at radius 1 is 0.963 bits per heavy atom. The van der Waals surface area contributed by atoms with Crippen molar-refractivity contribution in [3.63, 3.8) is 0 Å². The van der Waals surface area contributed by atoms with Gasteiger partial charge in [0, 0.05) is 0 Å². The van der Waals surface area contributed by atoms with E-state index in [0.717, 1.165) is 5.56 Å². The molecule has 0 spiro atoms. The van der Waals surface area contributed by atoms with E-state index in [2.05, 4.69) is 5.32 Å². The number of carbonyl (C=O) groups excluding carboxylic acids is 2. The Morgan fingerprint density at radius 2 is 1.56 bits per heavy atom. The van der Waals surface area contributed by atoms with Crippen LogP contribution in [-0.2, 0) is 16.1 Å². The van der Waals surface area contributed by atoms with Crippen molar-refractivity contribution in [2.75, 3.05) is 0 Å². The number of hydrogen-bond acceptors (Lipinski definition) is 5. The van der Waals surface area contributed by atoms with Crippen LogP contribution in [0.4, 0.5) is 4.79 Å². The summed E-state index contributed by atoms with van der Waals surface area (Å²) in [7, 11) is 0. The summed E-state index contributed by atoms with van der Waals surface area (Å²) in [6.45, 7) is 7.11. The van der Waals surface area contributed by atoms with Crippen molar-refractivity contribution >= 4 is 12.1 Å². The fourth-order valence-electron chi connectivity index (χ4n) is 2.13. The predicted octanol–water partition coefficient (Wildman–Crippen LogP) is 4.08. The minimum absolute atomic E-state index is 0.288. The molecule has 6 nitrogen and oxygen atoms in total. The largest absolute Gasteiger partial charge is 0.485 e. The average molecular weight is 371 g/mol. The Morgan fingerprint density at radius 3 is 2.19 bits per heavy atom. The number of amides is 1. The van der Waals surface area contributed by atoms with Gasteiger partial charge in [0.1, 0.15) is 18.2 Å². The van der Waals surface area contributed by atoms with Crippen LogP contribution in [0.25, 0.3) is 0 Å². The highest BCUT2D eigenvalue weighted by Gasteiger charge is 2.23. The van der Waals surface area contributed by atoms with Gasteiger partial charge < -0.3 is 19.5 Å². The Hall–Kier alpha value is -3.02. The van der Waals surface area contributed by atoms with Crippen molar-refractivity contribution in [3.8, 4) is 11.5 Å². The summed E-state index contributed by atoms with van der Waals surface area (Å²) in [5, 5.41) is 2.46. The van der Waals surface area contributed by atoms with E-state index in [9.17, 15) is 9.59 Å². The van der Waals surface area contributed by atoms with E-state index in [1.165, 1.54) is 6.92 Å². The summed E-state index contributed by atoms with van der Waals surface area (Å²) in [5.74, 6) is 0.118. The predicted molar refractivity (Wildman–Crippen MR) is 102 cm³/mol. The fraction of sp³-hybridized carbons (Fsp3) is 0.333. The molecule has 0 unspecified atom stereocenters. The van der Waals surface area contributed by atoms with Crippen molar-refractivity contribution in [3.05, 3.63) is 60.2 Å². The van der Waals surface area contributed by atoms with E-state index >= 15 is 0 Å². The summed E-state index contributed by atoms with van der Waals surface area (Å²) in [4.78, 5) is 24.1. The van der Waals surface area contributed by atoms with E-state index in [0.29, 0.717) is 12.4 Å². The van der Waals surface area contributed by atoms with Crippen LogP contribution in [0.1, 0.15) is 33.3 Å². The Bertz CT molecular complexity index is 768. The third-order valence-electron chi connectivity index (χ3n) is 3.38. The van der Waals surface area contributed by atoms with Crippen LogP contribution in [0, 0.1) is 0 Å². The lowest BCUT2D eigenvalue weighted by atomic mass is 10.2. The molecule has 0 aliphatic heterocycles. The summed E-state index contributed by atoms with van der Waals surface area (Å²) < 4.78 is 16.3. The molecule has 0 saturated heterocycles. The molecule has 0 bridgehead atoms. The number of para-hydroxylation sites is 2. The number of ether oxygens (including phenoxy) is 3. The van der Waals surface area contributed by atoms with Gasteiger partial charge in [0.2, 0.25) is 0 Å². The normalized spacial score (nSPS) is 12.0. The molecule has 27 heavy (non-hydrogen) atoms. The lowest BCUT2D eigenvalue weighted by Crippen LogP contribution is -2.43. The molecule has 0 radical (unpaired) electrons. The van der Waals surface area contributed by atoms with Crippen molar-refractivity contribution in [2.45, 2.75) is 45.9 Å². The molecule has 1 atom stereocenters. The topological polar surface area (TPSA) is 73.9 Å². The Labute approximate surface area is 159 Å². The number of hydrogen-bond donors (Lipinski definition) is 1. The zero-order valence-corrected chi connectivity index (χ0v) is 16.0. The molecule has 2 aromatic rings. The highest BCUT2D eigenvalue weighted by Crippen LogP contribution is 2.27. The zero-order valence-electron chi connectivity index (χ0n) is 16.0. The van der Waals surface area contributed by atoms with Crippen molar-refractivity contribution in [1.82, 2.24) is 5.32 Å². The van der Waals surface area contributed by atoms with E-state index in [1.807, 2.05) is 30.3 Å². The summed E-state index contributed by atoms with van der Waals surface area (Å²) in [5.41, 5.74) is 0.351. The molecule has 2 rings (SSSR count). The van der Waals surface area contributed by atoms with Crippen molar-refractivity contribution in [1.29, 1.82) is 0 Å². The van der Waals surface area contributed by atoms with Gasteiger partial charge in [-0.15, -0.1) is 0 Å². The average Bonchev–Trinajstić information content (AvgIpc) is 2.60. The first-order valence-electron chi connectivity index (χ1n) is 8.71. The molecule has 0 fully saturated rings. The molecule has 0 aliphatic carbocycles. The van der Waals surface area contributed by atoms with Gasteiger partial charge >= 0.3 is 12.1 Å². The van der Waals surface area contributed by atoms with Crippen molar-refractivity contribution in [2.24, 2.45) is 0 Å². The summed E-state index contributed by atoms with van der Waals surface area (Å²) >= 11 is 0. The van der Waals surface area contributed by atoms with Gasteiger partial charge in [-0.1, -0.05) is 42.5 Å². The second-order valence-electron chi connectivity index (χ2n) is 7.01. The third kappa shape index (κ3) is 7.01. The first-order valence-corrected chi connectivity index (χ1v) is 8.71. The maximum absolute atomic E-state index is 12.3. The molecule has 0 aliphatic rings. The maximum atomic E-state index is 12.3. The number of alkyl carbamates (subject to hydrolysis) is 1. The first kappa shape index (κ1) is 20.3. The lowest BCUT2D eigenvalue weighted by Gasteiger charge is -2.21. The highest BCUT2D eigenvalue weighted by molar-refractivity contribution is 5.83. The van der Waals surface area contributed by atoms with Gasteiger partial charge in [0.05, 0.1) is 0 Å². The van der Waals surface area contributed by atoms with E-state index in [4.69, 9.17) is 14.2 Å². The van der Waals surface area contributed by atoms with Gasteiger partial charge in [-0.2, -0.15) is 0 Å². The van der Waals surface area contributed by atoms with E-state index in [1.54, 1.807) is 45.0 Å². The second kappa shape index (κ2) is 9.07. The van der Waals surface area contributed by atoms with E-state index in [-0.39, 0.29) is 5.75 Å². The standard InChI is InChI=1S/C21H25NO5/c1-15(22-20(24)27-21(2,3)4)19(23)26-18-13-9-8-12-17(18)25-14-16-10-6-5-7-11-16/h5-13,15H,14H2,1-4H3,(H,22,24)/t15-/m0/s1. The van der Waals surface area contributed by atoms with Crippen LogP contribution in [-0.4, -0.2) is 23.7 Å². The van der Waals surface area contributed by atoms with Crippen LogP contribution in [0.15, 0.2) is 54.6 Å². The first-order chi connectivity index (χ1) is 12.7. The SMILES string of the molecule is C[C@H](NC(=O)OC(C)(C)C)C(=O)Oc1ccccc1OCc1ccccc1. The number of rotatable bonds is 6. The van der Waals surface area contributed by atoms with E-state index < -0.39 is 23.7 Å². The Kier molecular flexibility index (Phi) is 6.82. The number of esters is 1. The number of benzene rings is 2. The maximum Gasteiger partial charge on any atom is 0.408 e. The smallest absolute Gasteiger partial charge is 0.408 e. The Balaban J connectivity index is 1.96. The van der Waals surface area contributed by atoms with Gasteiger partial charge in [-0.05, 0) is 45.4 Å². The molecule has 2 aromatic carbocycles. The van der Waals surface area contributed by atoms with Crippen LogP contribution < -0.4 is 14.8 Å². The zero-order chi connectivity index (χ0) is 19.9. The third-order valence-corrected chi connectivity index (χ3v) is 3.38. The molecule has 0 saturated carbocycles. The monoisotopic (exact) mass is 371 g/mol. The molecule has 1 N–H and O–H groups in total. The number of carbonyl (C=O) groups is 2. The molecule has 0 heterocycles. The summed E-state index contributed by atoms with van der Waals surface area (Å²) in [6, 6.07) is 15.7. The molecular weight excluding hydrogens is 346 g/mol. The quantitative estimate of drug-likeness (QED) is 0.612. The number of nitrogens with one attached hydrogen (secondary N) is 1. The van der Waals surface area contributed by atoms with Crippen LogP contribution >= 0.6 is 0 Å². The molecular formula is C21H25NO5. The minimum atomic E-state index is -0.873. The van der Waals surface area contributed by atoms with Crippen LogP contribution in [0.2, 0.25) is 0 Å². The van der Waals surface area contributed by atoms with Crippen LogP contribution in [0.3, 0.4) is 0 Å². The molecule has 6 heteroatoms. The highest BCUT2D eigenvalue weighted by atomic mass is 16.6. The summed E-state index contributed by atoms with van der Waals surface area (Å²) in [6.07, 6.45) is -0.680. The second-order valence-corrected chi connectivity index (χ2v) is 7.01. The molecule has 144 valence electrons. The fourth-order valence-corrected chi connectivity index (χ4v) is 2.13. The molecule has 1 amide bonds.